The van der Waals surface area contributed by atoms with E-state index in [1.807, 2.05) is 26.0 Å². The zero-order chi connectivity index (χ0) is 11.7. The normalized spacial score (nSPS) is 20.4. The Hall–Kier alpha value is -1.36. The third-order valence-corrected chi connectivity index (χ3v) is 3.61. The minimum atomic E-state index is -0.213. The molecular formula is C11H15N3OS. The molecule has 1 unspecified atom stereocenters. The van der Waals surface area contributed by atoms with Crippen LogP contribution in [-0.4, -0.2) is 23.3 Å². The average molecular weight is 237 g/mol. The molecule has 16 heavy (non-hydrogen) atoms. The van der Waals surface area contributed by atoms with Crippen LogP contribution in [-0.2, 0) is 0 Å². The van der Waals surface area contributed by atoms with E-state index in [9.17, 15) is 4.79 Å². The molecule has 1 aliphatic heterocycles. The molecule has 1 aliphatic rings. The maximum atomic E-state index is 11.6. The average Bonchev–Trinajstić information content (AvgIpc) is 2.73. The van der Waals surface area contributed by atoms with Crippen LogP contribution in [0.4, 0.5) is 4.79 Å². The minimum Gasteiger partial charge on any atom is -0.385 e. The highest BCUT2D eigenvalue weighted by Gasteiger charge is 2.34. The third kappa shape index (κ3) is 1.82. The summed E-state index contributed by atoms with van der Waals surface area (Å²) in [4.78, 5) is 19.5. The van der Waals surface area contributed by atoms with Gasteiger partial charge in [-0.1, -0.05) is 6.92 Å². The molecule has 4 nitrogen and oxygen atoms in total. The van der Waals surface area contributed by atoms with Gasteiger partial charge in [0.05, 0.1) is 0 Å². The van der Waals surface area contributed by atoms with Gasteiger partial charge in [0.2, 0.25) is 0 Å². The van der Waals surface area contributed by atoms with Gasteiger partial charge in [-0.3, -0.25) is 0 Å². The van der Waals surface area contributed by atoms with Gasteiger partial charge < -0.3 is 10.6 Å². The van der Waals surface area contributed by atoms with Crippen LogP contribution in [0.3, 0.4) is 0 Å². The van der Waals surface area contributed by atoms with Crippen LogP contribution in [0, 0.1) is 6.92 Å². The molecule has 2 amide bonds. The van der Waals surface area contributed by atoms with E-state index in [1.165, 1.54) is 4.88 Å². The first-order valence-electron chi connectivity index (χ1n) is 5.34. The summed E-state index contributed by atoms with van der Waals surface area (Å²) in [6.07, 6.45) is 0.912. The molecule has 0 aliphatic carbocycles. The molecule has 0 bridgehead atoms. The summed E-state index contributed by atoms with van der Waals surface area (Å²) in [6.45, 7) is 4.78. The predicted octanol–water partition coefficient (Wildman–Crippen LogP) is 2.30. The predicted molar refractivity (Wildman–Crippen MR) is 65.8 cm³/mol. The Morgan fingerprint density at radius 3 is 2.88 bits per heavy atom. The Balaban J connectivity index is 2.30. The SMILES string of the molecule is CCCN1C(=O)N=C(N)C1c1ccc(C)s1. The van der Waals surface area contributed by atoms with E-state index in [0.29, 0.717) is 12.4 Å². The number of rotatable bonds is 3. The van der Waals surface area contributed by atoms with Gasteiger partial charge in [0.15, 0.2) is 0 Å². The van der Waals surface area contributed by atoms with Gasteiger partial charge in [0.1, 0.15) is 11.9 Å². The number of hydrogen-bond acceptors (Lipinski definition) is 3. The van der Waals surface area contributed by atoms with E-state index in [-0.39, 0.29) is 12.1 Å². The smallest absolute Gasteiger partial charge is 0.346 e. The Morgan fingerprint density at radius 1 is 1.56 bits per heavy atom. The topological polar surface area (TPSA) is 58.7 Å². The monoisotopic (exact) mass is 237 g/mol. The summed E-state index contributed by atoms with van der Waals surface area (Å²) < 4.78 is 0. The highest BCUT2D eigenvalue weighted by Crippen LogP contribution is 2.31. The number of hydrogen-bond donors (Lipinski definition) is 1. The van der Waals surface area contributed by atoms with E-state index >= 15 is 0 Å². The van der Waals surface area contributed by atoms with Crippen LogP contribution in [0.2, 0.25) is 0 Å². The standard InChI is InChI=1S/C11H15N3OS/c1-3-6-14-9(10(12)13-11(14)15)8-5-4-7(2)16-8/h4-5,9H,3,6H2,1-2H3,(H2,12,13,15). The van der Waals surface area contributed by atoms with Crippen LogP contribution in [0.15, 0.2) is 17.1 Å². The lowest BCUT2D eigenvalue weighted by Crippen LogP contribution is -2.33. The van der Waals surface area contributed by atoms with Crippen molar-refractivity contribution in [2.24, 2.45) is 10.7 Å². The minimum absolute atomic E-state index is 0.147. The summed E-state index contributed by atoms with van der Waals surface area (Å²) >= 11 is 1.67. The lowest BCUT2D eigenvalue weighted by molar-refractivity contribution is 0.207. The summed E-state index contributed by atoms with van der Waals surface area (Å²) in [5.41, 5.74) is 5.83. The van der Waals surface area contributed by atoms with Crippen LogP contribution in [0.1, 0.15) is 29.1 Å². The Bertz CT molecular complexity index is 438. The molecule has 0 fully saturated rings. The summed E-state index contributed by atoms with van der Waals surface area (Å²) in [5, 5.41) is 0. The molecule has 2 rings (SSSR count). The first-order chi connectivity index (χ1) is 7.63. The second-order valence-corrected chi connectivity index (χ2v) is 5.18. The number of nitrogens with two attached hydrogens (primary N) is 1. The van der Waals surface area contributed by atoms with Crippen molar-refractivity contribution in [2.45, 2.75) is 26.3 Å². The molecule has 0 aromatic carbocycles. The maximum Gasteiger partial charge on any atom is 0.346 e. The van der Waals surface area contributed by atoms with Gasteiger partial charge in [-0.15, -0.1) is 11.3 Å². The fraction of sp³-hybridized carbons (Fsp3) is 0.455. The van der Waals surface area contributed by atoms with Gasteiger partial charge in [0, 0.05) is 16.3 Å². The van der Waals surface area contributed by atoms with Crippen molar-refractivity contribution in [1.82, 2.24) is 4.90 Å². The number of amidine groups is 1. The zero-order valence-electron chi connectivity index (χ0n) is 9.43. The van der Waals surface area contributed by atoms with Crippen LogP contribution >= 0.6 is 11.3 Å². The zero-order valence-corrected chi connectivity index (χ0v) is 10.3. The molecule has 1 aromatic rings. The molecule has 86 valence electrons. The quantitative estimate of drug-likeness (QED) is 0.877. The Labute approximate surface area is 98.8 Å². The summed E-state index contributed by atoms with van der Waals surface area (Å²) in [5.74, 6) is 0.417. The van der Waals surface area contributed by atoms with Gasteiger partial charge >= 0.3 is 6.03 Å². The first-order valence-corrected chi connectivity index (χ1v) is 6.16. The number of thiophene rings is 1. The number of nitrogens with zero attached hydrogens (tertiary/aromatic N) is 2. The second kappa shape index (κ2) is 4.25. The lowest BCUT2D eigenvalue weighted by Gasteiger charge is -2.22. The molecule has 5 heteroatoms. The number of carbonyl (C=O) groups is 1. The number of aryl methyl sites for hydroxylation is 1. The van der Waals surface area contributed by atoms with Crippen molar-refractivity contribution in [3.05, 3.63) is 21.9 Å². The maximum absolute atomic E-state index is 11.6. The number of amides is 2. The first kappa shape index (κ1) is 11.1. The van der Waals surface area contributed by atoms with Crippen molar-refractivity contribution in [3.8, 4) is 0 Å². The summed E-state index contributed by atoms with van der Waals surface area (Å²) in [6, 6.07) is 3.70. The number of aliphatic imine (C=N–C) groups is 1. The molecule has 0 saturated carbocycles. The van der Waals surface area contributed by atoms with Crippen LogP contribution in [0.5, 0.6) is 0 Å². The number of urea groups is 1. The van der Waals surface area contributed by atoms with Crippen molar-refractivity contribution in [1.29, 1.82) is 0 Å². The van der Waals surface area contributed by atoms with E-state index in [0.717, 1.165) is 11.3 Å². The van der Waals surface area contributed by atoms with E-state index in [1.54, 1.807) is 16.2 Å². The largest absolute Gasteiger partial charge is 0.385 e. The molecular weight excluding hydrogens is 222 g/mol. The van der Waals surface area contributed by atoms with E-state index < -0.39 is 0 Å². The second-order valence-electron chi connectivity index (χ2n) is 3.86. The fourth-order valence-electron chi connectivity index (χ4n) is 1.87. The molecule has 0 radical (unpaired) electrons. The van der Waals surface area contributed by atoms with Crippen molar-refractivity contribution >= 4 is 23.2 Å². The molecule has 2 heterocycles. The molecule has 0 saturated heterocycles. The summed E-state index contributed by atoms with van der Waals surface area (Å²) in [7, 11) is 0. The van der Waals surface area contributed by atoms with Crippen LogP contribution < -0.4 is 5.73 Å². The van der Waals surface area contributed by atoms with E-state index in [2.05, 4.69) is 4.99 Å². The fourth-order valence-corrected chi connectivity index (χ4v) is 2.87. The Morgan fingerprint density at radius 2 is 2.31 bits per heavy atom. The number of carbonyl (C=O) groups excluding carboxylic acids is 1. The van der Waals surface area contributed by atoms with E-state index in [4.69, 9.17) is 5.73 Å². The van der Waals surface area contributed by atoms with Gasteiger partial charge in [0.25, 0.3) is 0 Å². The lowest BCUT2D eigenvalue weighted by atomic mass is 10.2. The molecule has 1 atom stereocenters. The molecule has 2 N–H and O–H groups in total. The van der Waals surface area contributed by atoms with Crippen molar-refractivity contribution in [3.63, 3.8) is 0 Å². The highest BCUT2D eigenvalue weighted by molar-refractivity contribution is 7.12. The van der Waals surface area contributed by atoms with Crippen LogP contribution in [0.25, 0.3) is 0 Å². The highest BCUT2D eigenvalue weighted by atomic mass is 32.1. The third-order valence-electron chi connectivity index (χ3n) is 2.56. The Kier molecular flexibility index (Phi) is 2.96. The van der Waals surface area contributed by atoms with Crippen molar-refractivity contribution in [2.75, 3.05) is 6.54 Å². The van der Waals surface area contributed by atoms with Gasteiger partial charge in [-0.25, -0.2) is 4.79 Å². The molecule has 0 spiro atoms. The van der Waals surface area contributed by atoms with Crippen molar-refractivity contribution < 1.29 is 4.79 Å². The van der Waals surface area contributed by atoms with Gasteiger partial charge in [-0.05, 0) is 25.5 Å². The van der Waals surface area contributed by atoms with Gasteiger partial charge in [-0.2, -0.15) is 4.99 Å². The molecule has 1 aromatic heterocycles.